The van der Waals surface area contributed by atoms with E-state index in [9.17, 15) is 4.39 Å². The molecule has 0 aliphatic carbocycles. The Hall–Kier alpha value is -2.39. The van der Waals surface area contributed by atoms with E-state index >= 15 is 0 Å². The van der Waals surface area contributed by atoms with E-state index in [1.807, 2.05) is 12.1 Å². The maximum atomic E-state index is 13.7. The third-order valence-electron chi connectivity index (χ3n) is 2.48. The molecule has 0 spiro atoms. The summed E-state index contributed by atoms with van der Waals surface area (Å²) in [7, 11) is 0. The Morgan fingerprint density at radius 3 is 3.17 bits per heavy atom. The van der Waals surface area contributed by atoms with Gasteiger partial charge in [-0.1, -0.05) is 23.3 Å². The van der Waals surface area contributed by atoms with Gasteiger partial charge in [-0.05, 0) is 24.1 Å². The molecule has 90 valence electrons. The number of rotatable bonds is 4. The minimum Gasteiger partial charge on any atom is -0.256 e. The molecule has 0 bridgehead atoms. The summed E-state index contributed by atoms with van der Waals surface area (Å²) in [5.41, 5.74) is 9.26. The smallest absolute Gasteiger partial charge is 0.132 e. The van der Waals surface area contributed by atoms with Gasteiger partial charge in [0.2, 0.25) is 0 Å². The van der Waals surface area contributed by atoms with E-state index in [1.54, 1.807) is 24.4 Å². The fourth-order valence-electron chi connectivity index (χ4n) is 1.63. The number of azide groups is 1. The van der Waals surface area contributed by atoms with Gasteiger partial charge in [-0.2, -0.15) is 0 Å². The molecule has 0 atom stereocenters. The summed E-state index contributed by atoms with van der Waals surface area (Å²) < 4.78 is 13.7. The van der Waals surface area contributed by atoms with Crippen molar-refractivity contribution in [3.63, 3.8) is 0 Å². The second-order valence-corrected chi connectivity index (χ2v) is 3.72. The van der Waals surface area contributed by atoms with Gasteiger partial charge in [0.25, 0.3) is 0 Å². The Labute approximate surface area is 103 Å². The Balaban J connectivity index is 2.22. The van der Waals surface area contributed by atoms with Gasteiger partial charge in [-0.3, -0.25) is 4.98 Å². The van der Waals surface area contributed by atoms with Crippen molar-refractivity contribution in [2.75, 3.05) is 6.54 Å². The van der Waals surface area contributed by atoms with Crippen LogP contribution in [0.15, 0.2) is 41.7 Å². The Bertz CT molecular complexity index is 630. The van der Waals surface area contributed by atoms with Crippen LogP contribution in [-0.2, 0) is 0 Å². The monoisotopic (exact) mass is 242 g/mol. The Morgan fingerprint density at radius 1 is 1.44 bits per heavy atom. The quantitative estimate of drug-likeness (QED) is 0.344. The van der Waals surface area contributed by atoms with Crippen molar-refractivity contribution in [3.8, 4) is 0 Å². The van der Waals surface area contributed by atoms with Crippen LogP contribution < -0.4 is 0 Å². The van der Waals surface area contributed by atoms with Crippen molar-refractivity contribution in [2.24, 2.45) is 5.11 Å². The predicted molar refractivity (Wildman–Crippen MR) is 69.4 cm³/mol. The van der Waals surface area contributed by atoms with Gasteiger partial charge in [0.15, 0.2) is 0 Å². The average molecular weight is 242 g/mol. The number of aromatic nitrogens is 1. The summed E-state index contributed by atoms with van der Waals surface area (Å²) in [6.45, 7) is 0.379. The highest BCUT2D eigenvalue weighted by Crippen LogP contribution is 2.18. The number of pyridine rings is 1. The van der Waals surface area contributed by atoms with Gasteiger partial charge in [-0.25, -0.2) is 4.39 Å². The van der Waals surface area contributed by atoms with Crippen LogP contribution in [0.5, 0.6) is 0 Å². The van der Waals surface area contributed by atoms with Crippen LogP contribution in [-0.4, -0.2) is 11.5 Å². The topological polar surface area (TPSA) is 61.7 Å². The van der Waals surface area contributed by atoms with Crippen LogP contribution >= 0.6 is 0 Å². The predicted octanol–water partition coefficient (Wildman–Crippen LogP) is 4.09. The van der Waals surface area contributed by atoms with Gasteiger partial charge in [-0.15, -0.1) is 0 Å². The van der Waals surface area contributed by atoms with Crippen molar-refractivity contribution >= 4 is 17.0 Å². The first-order valence-electron chi connectivity index (χ1n) is 5.53. The lowest BCUT2D eigenvalue weighted by Crippen LogP contribution is -1.85. The highest BCUT2D eigenvalue weighted by Gasteiger charge is 2.01. The van der Waals surface area contributed by atoms with Crippen LogP contribution in [0.4, 0.5) is 4.39 Å². The molecular weight excluding hydrogens is 231 g/mol. The molecule has 2 rings (SSSR count). The first kappa shape index (κ1) is 12.1. The molecule has 0 aliphatic heterocycles. The van der Waals surface area contributed by atoms with E-state index in [2.05, 4.69) is 15.0 Å². The van der Waals surface area contributed by atoms with E-state index in [-0.39, 0.29) is 5.82 Å². The lowest BCUT2D eigenvalue weighted by molar-refractivity contribution is 0.626. The fourth-order valence-corrected chi connectivity index (χ4v) is 1.63. The number of hydrogen-bond donors (Lipinski definition) is 0. The molecule has 0 radical (unpaired) electrons. The van der Waals surface area contributed by atoms with E-state index in [0.29, 0.717) is 24.0 Å². The fraction of sp³-hybridized carbons (Fsp3) is 0.154. The van der Waals surface area contributed by atoms with Crippen LogP contribution in [0.25, 0.3) is 27.4 Å². The highest BCUT2D eigenvalue weighted by molar-refractivity contribution is 5.81. The minimum absolute atomic E-state index is 0.304. The second-order valence-electron chi connectivity index (χ2n) is 3.72. The van der Waals surface area contributed by atoms with Crippen molar-refractivity contribution in [2.45, 2.75) is 6.42 Å². The summed E-state index contributed by atoms with van der Waals surface area (Å²) in [6, 6.07) is 6.87. The van der Waals surface area contributed by atoms with Crippen LogP contribution in [0, 0.1) is 5.82 Å². The van der Waals surface area contributed by atoms with Crippen LogP contribution in [0.1, 0.15) is 12.0 Å². The standard InChI is InChI=1S/C13H11FN4/c14-12-9-13-11(5-3-6-16-13)8-10(12)4-1-2-7-17-18-15/h1,3-6,8-9H,2,7H2. The van der Waals surface area contributed by atoms with E-state index in [0.717, 1.165) is 5.39 Å². The molecule has 0 saturated heterocycles. The lowest BCUT2D eigenvalue weighted by atomic mass is 10.1. The van der Waals surface area contributed by atoms with E-state index in [1.165, 1.54) is 6.07 Å². The molecular formula is C13H11FN4. The first-order valence-corrected chi connectivity index (χ1v) is 5.53. The molecule has 0 saturated carbocycles. The van der Waals surface area contributed by atoms with Gasteiger partial charge < -0.3 is 0 Å². The van der Waals surface area contributed by atoms with Gasteiger partial charge in [0.1, 0.15) is 5.82 Å². The summed E-state index contributed by atoms with van der Waals surface area (Å²) >= 11 is 0. The maximum absolute atomic E-state index is 13.7. The molecule has 1 aromatic carbocycles. The lowest BCUT2D eigenvalue weighted by Gasteiger charge is -2.00. The van der Waals surface area contributed by atoms with Crippen molar-refractivity contribution in [1.29, 1.82) is 0 Å². The zero-order valence-corrected chi connectivity index (χ0v) is 9.62. The number of hydrogen-bond acceptors (Lipinski definition) is 2. The number of nitrogens with zero attached hydrogens (tertiary/aromatic N) is 4. The molecule has 5 heteroatoms. The molecule has 0 aliphatic rings. The second kappa shape index (κ2) is 5.80. The zero-order valence-electron chi connectivity index (χ0n) is 9.62. The highest BCUT2D eigenvalue weighted by atomic mass is 19.1. The largest absolute Gasteiger partial charge is 0.256 e. The normalized spacial score (nSPS) is 10.7. The van der Waals surface area contributed by atoms with Gasteiger partial charge in [0.05, 0.1) is 5.52 Å². The zero-order chi connectivity index (χ0) is 12.8. The van der Waals surface area contributed by atoms with E-state index in [4.69, 9.17) is 5.53 Å². The summed E-state index contributed by atoms with van der Waals surface area (Å²) in [4.78, 5) is 6.73. The molecule has 2 aromatic rings. The van der Waals surface area contributed by atoms with Crippen LogP contribution in [0.3, 0.4) is 0 Å². The van der Waals surface area contributed by atoms with Crippen molar-refractivity contribution < 1.29 is 4.39 Å². The molecule has 18 heavy (non-hydrogen) atoms. The summed E-state index contributed by atoms with van der Waals surface area (Å²) in [5, 5.41) is 4.30. The number of fused-ring (bicyclic) bond motifs is 1. The summed E-state index contributed by atoms with van der Waals surface area (Å²) in [6.07, 6.45) is 5.70. The molecule has 0 fully saturated rings. The van der Waals surface area contributed by atoms with Crippen molar-refractivity contribution in [3.05, 3.63) is 58.4 Å². The molecule has 0 N–H and O–H groups in total. The Kier molecular flexibility index (Phi) is 3.89. The SMILES string of the molecule is [N-]=[N+]=NCCC=Cc1cc2cccnc2cc1F. The summed E-state index contributed by atoms with van der Waals surface area (Å²) in [5.74, 6) is -0.304. The Morgan fingerprint density at radius 2 is 2.33 bits per heavy atom. The molecule has 0 unspecified atom stereocenters. The van der Waals surface area contributed by atoms with Gasteiger partial charge >= 0.3 is 0 Å². The van der Waals surface area contributed by atoms with Crippen molar-refractivity contribution in [1.82, 2.24) is 4.98 Å². The molecule has 1 aromatic heterocycles. The first-order chi connectivity index (χ1) is 8.81. The molecule has 1 heterocycles. The molecule has 4 nitrogen and oxygen atoms in total. The minimum atomic E-state index is -0.304. The third-order valence-corrected chi connectivity index (χ3v) is 2.48. The number of benzene rings is 1. The number of halogens is 1. The van der Waals surface area contributed by atoms with Crippen LogP contribution in [0.2, 0.25) is 0 Å². The third kappa shape index (κ3) is 2.84. The molecule has 0 amide bonds. The van der Waals surface area contributed by atoms with Gasteiger partial charge in [0, 0.05) is 34.7 Å². The average Bonchev–Trinajstić information content (AvgIpc) is 2.39. The maximum Gasteiger partial charge on any atom is 0.132 e. The van der Waals surface area contributed by atoms with E-state index < -0.39 is 0 Å².